The Bertz CT molecular complexity index is 1060. The molecule has 1 fully saturated rings. The predicted molar refractivity (Wildman–Crippen MR) is 114 cm³/mol. The zero-order valence-corrected chi connectivity index (χ0v) is 18.6. The van der Waals surface area contributed by atoms with Crippen LogP contribution in [0.5, 0.6) is 0 Å². The quantitative estimate of drug-likeness (QED) is 0.754. The number of hydrogen-bond acceptors (Lipinski definition) is 5. The van der Waals surface area contributed by atoms with Gasteiger partial charge in [-0.15, -0.1) is 11.3 Å². The molecule has 1 aromatic heterocycles. The van der Waals surface area contributed by atoms with Gasteiger partial charge in [-0.05, 0) is 43.5 Å². The molecule has 2 heterocycles. The van der Waals surface area contributed by atoms with E-state index in [1.807, 2.05) is 0 Å². The molecular weight excluding hydrogens is 429 g/mol. The molecule has 0 atom stereocenters. The van der Waals surface area contributed by atoms with Crippen molar-refractivity contribution < 1.29 is 22.4 Å². The Morgan fingerprint density at radius 3 is 2.47 bits per heavy atom. The lowest BCUT2D eigenvalue weighted by Crippen LogP contribution is -2.41. The Labute approximate surface area is 179 Å². The van der Waals surface area contributed by atoms with Crippen molar-refractivity contribution >= 4 is 38.9 Å². The molecule has 0 unspecified atom stereocenters. The van der Waals surface area contributed by atoms with Crippen molar-refractivity contribution in [3.8, 4) is 0 Å². The summed E-state index contributed by atoms with van der Waals surface area (Å²) in [5.74, 6) is -1.24. The monoisotopic (exact) mass is 453 g/mol. The molecule has 1 N–H and O–H groups in total. The summed E-state index contributed by atoms with van der Waals surface area (Å²) in [4.78, 5) is 25.9. The normalized spacial score (nSPS) is 15.7. The SMILES string of the molecule is Cc1ccc(NC(=O)C2CCN(S(=O)(=O)c3cc(C(=O)N(C)C)cs3)CC2)cc1F. The number of sulfonamides is 1. The molecule has 3 rings (SSSR count). The third-order valence-electron chi connectivity index (χ3n) is 5.09. The molecule has 0 radical (unpaired) electrons. The molecule has 7 nitrogen and oxygen atoms in total. The van der Waals surface area contributed by atoms with Gasteiger partial charge in [0.25, 0.3) is 15.9 Å². The fraction of sp³-hybridized carbons (Fsp3) is 0.400. The number of thiophene rings is 1. The highest BCUT2D eigenvalue weighted by atomic mass is 32.2. The second-order valence-electron chi connectivity index (χ2n) is 7.49. The lowest BCUT2D eigenvalue weighted by Gasteiger charge is -2.30. The van der Waals surface area contributed by atoms with E-state index in [-0.39, 0.29) is 35.0 Å². The summed E-state index contributed by atoms with van der Waals surface area (Å²) in [6.07, 6.45) is 0.739. The number of carbonyl (C=O) groups excluding carboxylic acids is 2. The standard InChI is InChI=1S/C20H24FN3O4S2/c1-13-4-5-16(11-17(13)21)22-19(25)14-6-8-24(9-7-14)30(27,28)18-10-15(12-29-18)20(26)23(2)3/h4-5,10-12,14H,6-9H2,1-3H3,(H,22,25). The number of rotatable bonds is 5. The van der Waals surface area contributed by atoms with Crippen molar-refractivity contribution in [1.29, 1.82) is 0 Å². The van der Waals surface area contributed by atoms with E-state index < -0.39 is 15.8 Å². The van der Waals surface area contributed by atoms with Crippen LogP contribution in [-0.2, 0) is 14.8 Å². The van der Waals surface area contributed by atoms with Crippen molar-refractivity contribution in [2.75, 3.05) is 32.5 Å². The fourth-order valence-corrected chi connectivity index (χ4v) is 6.00. The molecule has 1 aliphatic heterocycles. The number of halogens is 1. The highest BCUT2D eigenvalue weighted by Crippen LogP contribution is 2.29. The summed E-state index contributed by atoms with van der Waals surface area (Å²) in [7, 11) is -0.507. The number of nitrogens with one attached hydrogen (secondary N) is 1. The van der Waals surface area contributed by atoms with Gasteiger partial charge in [-0.1, -0.05) is 6.07 Å². The van der Waals surface area contributed by atoms with Crippen LogP contribution in [0.2, 0.25) is 0 Å². The van der Waals surface area contributed by atoms with Crippen LogP contribution in [-0.4, -0.2) is 56.6 Å². The zero-order chi connectivity index (χ0) is 22.1. The third kappa shape index (κ3) is 4.71. The Morgan fingerprint density at radius 2 is 1.87 bits per heavy atom. The largest absolute Gasteiger partial charge is 0.345 e. The van der Waals surface area contributed by atoms with Crippen molar-refractivity contribution in [2.45, 2.75) is 24.0 Å². The van der Waals surface area contributed by atoms with Gasteiger partial charge in [0.1, 0.15) is 10.0 Å². The molecule has 0 bridgehead atoms. The van der Waals surface area contributed by atoms with Crippen LogP contribution >= 0.6 is 11.3 Å². The number of hydrogen-bond donors (Lipinski definition) is 1. The van der Waals surface area contributed by atoms with Crippen LogP contribution in [0.15, 0.2) is 33.9 Å². The van der Waals surface area contributed by atoms with E-state index in [0.29, 0.717) is 29.7 Å². The zero-order valence-electron chi connectivity index (χ0n) is 17.0. The first-order chi connectivity index (χ1) is 14.1. The maximum atomic E-state index is 13.7. The number of benzene rings is 1. The summed E-state index contributed by atoms with van der Waals surface area (Å²) >= 11 is 1.02. The minimum absolute atomic E-state index is 0.116. The molecule has 1 aliphatic rings. The second-order valence-corrected chi connectivity index (χ2v) is 10.6. The first-order valence-corrected chi connectivity index (χ1v) is 11.8. The molecule has 2 aromatic rings. The second kappa shape index (κ2) is 8.83. The van der Waals surface area contributed by atoms with Crippen LogP contribution in [0.1, 0.15) is 28.8 Å². The third-order valence-corrected chi connectivity index (χ3v) is 8.40. The lowest BCUT2D eigenvalue weighted by atomic mass is 9.97. The summed E-state index contributed by atoms with van der Waals surface area (Å²) < 4.78 is 40.9. The van der Waals surface area contributed by atoms with Gasteiger partial charge in [-0.25, -0.2) is 12.8 Å². The lowest BCUT2D eigenvalue weighted by molar-refractivity contribution is -0.120. The molecule has 30 heavy (non-hydrogen) atoms. The Kier molecular flexibility index (Phi) is 6.59. The molecule has 0 spiro atoms. The fourth-order valence-electron chi connectivity index (χ4n) is 3.22. The van der Waals surface area contributed by atoms with Gasteiger partial charge in [0.05, 0.1) is 5.56 Å². The van der Waals surface area contributed by atoms with Gasteiger partial charge in [0.15, 0.2) is 0 Å². The van der Waals surface area contributed by atoms with E-state index in [1.54, 1.807) is 33.2 Å². The van der Waals surface area contributed by atoms with E-state index in [0.717, 1.165) is 11.3 Å². The van der Waals surface area contributed by atoms with Crippen LogP contribution in [0, 0.1) is 18.7 Å². The minimum atomic E-state index is -3.72. The van der Waals surface area contributed by atoms with Gasteiger partial charge in [-0.3, -0.25) is 9.59 Å². The van der Waals surface area contributed by atoms with Crippen molar-refractivity contribution in [1.82, 2.24) is 9.21 Å². The van der Waals surface area contributed by atoms with E-state index >= 15 is 0 Å². The maximum Gasteiger partial charge on any atom is 0.254 e. The number of piperidine rings is 1. The molecule has 2 amide bonds. The summed E-state index contributed by atoms with van der Waals surface area (Å²) in [5.41, 5.74) is 1.22. The number of nitrogens with zero attached hydrogens (tertiary/aromatic N) is 2. The first kappa shape index (κ1) is 22.4. The average molecular weight is 454 g/mol. The van der Waals surface area contributed by atoms with Crippen molar-refractivity contribution in [2.24, 2.45) is 5.92 Å². The molecule has 10 heteroatoms. The van der Waals surface area contributed by atoms with E-state index in [9.17, 15) is 22.4 Å². The minimum Gasteiger partial charge on any atom is -0.345 e. The Morgan fingerprint density at radius 1 is 1.20 bits per heavy atom. The Balaban J connectivity index is 1.62. The van der Waals surface area contributed by atoms with E-state index in [2.05, 4.69) is 5.32 Å². The van der Waals surface area contributed by atoms with Crippen LogP contribution in [0.25, 0.3) is 0 Å². The van der Waals surface area contributed by atoms with Crippen molar-refractivity contribution in [3.05, 3.63) is 46.6 Å². The first-order valence-electron chi connectivity index (χ1n) is 9.47. The number of aryl methyl sites for hydroxylation is 1. The smallest absolute Gasteiger partial charge is 0.254 e. The molecular formula is C20H24FN3O4S2. The van der Waals surface area contributed by atoms with Crippen molar-refractivity contribution in [3.63, 3.8) is 0 Å². The Hall–Kier alpha value is -2.30. The molecule has 1 saturated heterocycles. The summed E-state index contributed by atoms with van der Waals surface area (Å²) in [6.45, 7) is 2.05. The molecule has 1 aromatic carbocycles. The highest BCUT2D eigenvalue weighted by molar-refractivity contribution is 7.91. The average Bonchev–Trinajstić information content (AvgIpc) is 3.21. The van der Waals surface area contributed by atoms with Crippen LogP contribution in [0.4, 0.5) is 10.1 Å². The summed E-state index contributed by atoms with van der Waals surface area (Å²) in [6, 6.07) is 5.90. The summed E-state index contributed by atoms with van der Waals surface area (Å²) in [5, 5.41) is 4.24. The highest BCUT2D eigenvalue weighted by Gasteiger charge is 2.33. The van der Waals surface area contributed by atoms with Crippen LogP contribution in [0.3, 0.4) is 0 Å². The maximum absolute atomic E-state index is 13.7. The molecule has 0 aliphatic carbocycles. The van der Waals surface area contributed by atoms with Gasteiger partial charge in [-0.2, -0.15) is 4.31 Å². The van der Waals surface area contributed by atoms with Gasteiger partial charge >= 0.3 is 0 Å². The predicted octanol–water partition coefficient (Wildman–Crippen LogP) is 2.94. The number of amides is 2. The van der Waals surface area contributed by atoms with E-state index in [4.69, 9.17) is 0 Å². The van der Waals surface area contributed by atoms with Crippen LogP contribution < -0.4 is 5.32 Å². The topological polar surface area (TPSA) is 86.8 Å². The van der Waals surface area contributed by atoms with Gasteiger partial charge in [0.2, 0.25) is 5.91 Å². The molecule has 162 valence electrons. The number of anilines is 1. The van der Waals surface area contributed by atoms with Gasteiger partial charge in [0, 0.05) is 44.2 Å². The van der Waals surface area contributed by atoms with Gasteiger partial charge < -0.3 is 10.2 Å². The number of carbonyl (C=O) groups is 2. The van der Waals surface area contributed by atoms with E-state index in [1.165, 1.54) is 26.7 Å². The molecule has 0 saturated carbocycles.